The van der Waals surface area contributed by atoms with Gasteiger partial charge in [-0.1, -0.05) is 54.1 Å². The highest BCUT2D eigenvalue weighted by molar-refractivity contribution is 6.04. The Kier molecular flexibility index (Phi) is 3.93. The van der Waals surface area contributed by atoms with Crippen LogP contribution < -0.4 is 11.3 Å². The fourth-order valence-corrected chi connectivity index (χ4v) is 1.91. The SMILES string of the molecule is C=NN/C(=N\N)c1ccccc1-c1ccc(C)cc1. The lowest BCUT2D eigenvalue weighted by atomic mass is 9.98. The quantitative estimate of drug-likeness (QED) is 0.381. The summed E-state index contributed by atoms with van der Waals surface area (Å²) in [5, 5.41) is 7.34. The zero-order chi connectivity index (χ0) is 13.7. The molecule has 2 aromatic carbocycles. The van der Waals surface area contributed by atoms with Crippen molar-refractivity contribution in [1.29, 1.82) is 0 Å². The topological polar surface area (TPSA) is 62.8 Å². The normalized spacial score (nSPS) is 11.1. The van der Waals surface area contributed by atoms with E-state index in [1.54, 1.807) is 0 Å². The molecule has 0 heterocycles. The van der Waals surface area contributed by atoms with E-state index in [0.717, 1.165) is 16.7 Å². The summed E-state index contributed by atoms with van der Waals surface area (Å²) in [4.78, 5) is 0. The molecule has 0 amide bonds. The number of nitrogens with one attached hydrogen (secondary N) is 1. The molecule has 0 fully saturated rings. The van der Waals surface area contributed by atoms with Crippen molar-refractivity contribution in [3.8, 4) is 11.1 Å². The second-order valence-electron chi connectivity index (χ2n) is 4.16. The van der Waals surface area contributed by atoms with Gasteiger partial charge in [-0.2, -0.15) is 10.2 Å². The predicted octanol–water partition coefficient (Wildman–Crippen LogP) is 2.49. The minimum Gasteiger partial charge on any atom is -0.321 e. The summed E-state index contributed by atoms with van der Waals surface area (Å²) in [5.74, 6) is 5.89. The number of hydrazone groups is 2. The lowest BCUT2D eigenvalue weighted by Crippen LogP contribution is -2.21. The lowest BCUT2D eigenvalue weighted by molar-refractivity contribution is 1.02. The number of aryl methyl sites for hydroxylation is 1. The first-order valence-corrected chi connectivity index (χ1v) is 5.92. The van der Waals surface area contributed by atoms with Crippen LogP contribution in [0.2, 0.25) is 0 Å². The van der Waals surface area contributed by atoms with Crippen molar-refractivity contribution in [2.24, 2.45) is 16.0 Å². The average molecular weight is 252 g/mol. The van der Waals surface area contributed by atoms with Crippen LogP contribution in [0.4, 0.5) is 0 Å². The standard InChI is InChI=1S/C15H16N4/c1-11-7-9-12(10-8-11)13-5-3-4-6-14(13)15(18-16)19-17-2/h3-10H,2,16H2,1H3,(H,18,19). The molecule has 4 nitrogen and oxygen atoms in total. The van der Waals surface area contributed by atoms with Crippen LogP contribution in [-0.4, -0.2) is 12.6 Å². The largest absolute Gasteiger partial charge is 0.321 e. The van der Waals surface area contributed by atoms with Crippen LogP contribution in [-0.2, 0) is 0 Å². The molecule has 0 saturated heterocycles. The van der Waals surface area contributed by atoms with Gasteiger partial charge in [-0.15, -0.1) is 0 Å². The van der Waals surface area contributed by atoms with Crippen LogP contribution in [0.5, 0.6) is 0 Å². The summed E-state index contributed by atoms with van der Waals surface area (Å²) >= 11 is 0. The fraction of sp³-hybridized carbons (Fsp3) is 0.0667. The van der Waals surface area contributed by atoms with Gasteiger partial charge in [0.25, 0.3) is 0 Å². The summed E-state index contributed by atoms with van der Waals surface area (Å²) in [5.41, 5.74) is 6.97. The molecular formula is C15H16N4. The van der Waals surface area contributed by atoms with Gasteiger partial charge >= 0.3 is 0 Å². The summed E-state index contributed by atoms with van der Waals surface area (Å²) in [7, 11) is 0. The van der Waals surface area contributed by atoms with Crippen LogP contribution in [0.25, 0.3) is 11.1 Å². The van der Waals surface area contributed by atoms with E-state index in [2.05, 4.69) is 53.5 Å². The van der Waals surface area contributed by atoms with Crippen molar-refractivity contribution in [3.05, 3.63) is 59.7 Å². The second-order valence-corrected chi connectivity index (χ2v) is 4.16. The number of amidine groups is 1. The van der Waals surface area contributed by atoms with Gasteiger partial charge in [0, 0.05) is 12.3 Å². The molecule has 0 spiro atoms. The van der Waals surface area contributed by atoms with Gasteiger partial charge in [0.2, 0.25) is 0 Å². The molecular weight excluding hydrogens is 236 g/mol. The van der Waals surface area contributed by atoms with Crippen molar-refractivity contribution < 1.29 is 0 Å². The minimum atomic E-state index is 0.492. The van der Waals surface area contributed by atoms with E-state index in [1.807, 2.05) is 24.3 Å². The fourth-order valence-electron chi connectivity index (χ4n) is 1.91. The van der Waals surface area contributed by atoms with E-state index >= 15 is 0 Å². The first-order valence-electron chi connectivity index (χ1n) is 5.92. The van der Waals surface area contributed by atoms with E-state index in [0.29, 0.717) is 5.84 Å². The molecule has 0 atom stereocenters. The Hall–Kier alpha value is -2.62. The van der Waals surface area contributed by atoms with E-state index in [-0.39, 0.29) is 0 Å². The molecule has 3 N–H and O–H groups in total. The number of rotatable bonds is 3. The molecule has 0 saturated carbocycles. The number of nitrogens with zero attached hydrogens (tertiary/aromatic N) is 2. The lowest BCUT2D eigenvalue weighted by Gasteiger charge is -2.11. The summed E-state index contributed by atoms with van der Waals surface area (Å²) in [6.07, 6.45) is 0. The van der Waals surface area contributed by atoms with Crippen LogP contribution in [0.15, 0.2) is 58.7 Å². The summed E-state index contributed by atoms with van der Waals surface area (Å²) in [6, 6.07) is 16.2. The third-order valence-corrected chi connectivity index (χ3v) is 2.86. The molecule has 0 unspecified atom stereocenters. The molecule has 0 aliphatic rings. The van der Waals surface area contributed by atoms with Crippen molar-refractivity contribution in [2.75, 3.05) is 0 Å². The second kappa shape index (κ2) is 5.82. The van der Waals surface area contributed by atoms with E-state index in [4.69, 9.17) is 5.84 Å². The van der Waals surface area contributed by atoms with Gasteiger partial charge in [0.1, 0.15) is 0 Å². The molecule has 19 heavy (non-hydrogen) atoms. The maximum Gasteiger partial charge on any atom is 0.173 e. The number of hydrogen-bond donors (Lipinski definition) is 2. The smallest absolute Gasteiger partial charge is 0.173 e. The number of hydrogen-bond acceptors (Lipinski definition) is 3. The highest BCUT2D eigenvalue weighted by Crippen LogP contribution is 2.24. The Morgan fingerprint density at radius 1 is 1.11 bits per heavy atom. The van der Waals surface area contributed by atoms with Gasteiger partial charge in [-0.25, -0.2) is 0 Å². The first-order chi connectivity index (χ1) is 9.26. The van der Waals surface area contributed by atoms with Crippen molar-refractivity contribution in [1.82, 2.24) is 5.43 Å². The number of benzene rings is 2. The van der Waals surface area contributed by atoms with E-state index in [1.165, 1.54) is 5.56 Å². The molecule has 0 radical (unpaired) electrons. The molecule has 2 rings (SSSR count). The van der Waals surface area contributed by atoms with Crippen molar-refractivity contribution in [3.63, 3.8) is 0 Å². The first kappa shape index (κ1) is 12.8. The van der Waals surface area contributed by atoms with Crippen LogP contribution in [0.1, 0.15) is 11.1 Å². The molecule has 0 aromatic heterocycles. The molecule has 0 bridgehead atoms. The van der Waals surface area contributed by atoms with Gasteiger partial charge in [-0.3, -0.25) is 5.43 Å². The Morgan fingerprint density at radius 2 is 1.79 bits per heavy atom. The average Bonchev–Trinajstić information content (AvgIpc) is 2.46. The Morgan fingerprint density at radius 3 is 2.42 bits per heavy atom. The van der Waals surface area contributed by atoms with Gasteiger partial charge in [0.15, 0.2) is 5.84 Å². The van der Waals surface area contributed by atoms with Crippen molar-refractivity contribution in [2.45, 2.75) is 6.92 Å². The molecule has 4 heteroatoms. The molecule has 2 aromatic rings. The van der Waals surface area contributed by atoms with E-state index < -0.39 is 0 Å². The minimum absolute atomic E-state index is 0.492. The van der Waals surface area contributed by atoms with Crippen LogP contribution in [0, 0.1) is 6.92 Å². The van der Waals surface area contributed by atoms with Gasteiger partial charge in [0.05, 0.1) is 0 Å². The summed E-state index contributed by atoms with van der Waals surface area (Å²) in [6.45, 7) is 5.45. The van der Waals surface area contributed by atoms with Crippen LogP contribution >= 0.6 is 0 Å². The third kappa shape index (κ3) is 2.80. The van der Waals surface area contributed by atoms with Gasteiger partial charge in [-0.05, 0) is 18.1 Å². The van der Waals surface area contributed by atoms with E-state index in [9.17, 15) is 0 Å². The molecule has 0 aliphatic heterocycles. The Labute approximate surface area is 112 Å². The summed E-state index contributed by atoms with van der Waals surface area (Å²) < 4.78 is 0. The maximum absolute atomic E-state index is 5.40. The third-order valence-electron chi connectivity index (χ3n) is 2.86. The monoisotopic (exact) mass is 252 g/mol. The zero-order valence-corrected chi connectivity index (χ0v) is 10.8. The zero-order valence-electron chi connectivity index (χ0n) is 10.8. The van der Waals surface area contributed by atoms with Crippen LogP contribution in [0.3, 0.4) is 0 Å². The highest BCUT2D eigenvalue weighted by Gasteiger charge is 2.09. The number of nitrogens with two attached hydrogens (primary N) is 1. The maximum atomic E-state index is 5.40. The predicted molar refractivity (Wildman–Crippen MR) is 80.0 cm³/mol. The Bertz CT molecular complexity index is 600. The Balaban J connectivity index is 2.52. The van der Waals surface area contributed by atoms with Crippen molar-refractivity contribution >= 4 is 12.6 Å². The molecule has 0 aliphatic carbocycles. The highest BCUT2D eigenvalue weighted by atomic mass is 15.3. The van der Waals surface area contributed by atoms with Gasteiger partial charge < -0.3 is 5.84 Å². The molecule has 96 valence electrons.